The number of fused-ring (bicyclic) bond motifs is 1. The molecule has 4 aromatic rings. The van der Waals surface area contributed by atoms with Crippen LogP contribution in [0.25, 0.3) is 11.0 Å². The molecule has 1 aromatic heterocycles. The molecule has 0 radical (unpaired) electrons. The first-order chi connectivity index (χ1) is 13.6. The zero-order valence-electron chi connectivity index (χ0n) is 16.1. The van der Waals surface area contributed by atoms with Crippen LogP contribution in [0.1, 0.15) is 22.5 Å². The smallest absolute Gasteiger partial charge is 0.244 e. The van der Waals surface area contributed by atoms with E-state index in [1.54, 1.807) is 0 Å². The van der Waals surface area contributed by atoms with Gasteiger partial charge < -0.3 is 9.88 Å². The summed E-state index contributed by atoms with van der Waals surface area (Å²) in [5.74, 6) is 0.840. The topological polar surface area (TPSA) is 46.9 Å². The van der Waals surface area contributed by atoms with E-state index in [4.69, 9.17) is 4.98 Å². The van der Waals surface area contributed by atoms with Crippen molar-refractivity contribution in [2.45, 2.75) is 26.8 Å². The molecule has 4 heteroatoms. The molecule has 0 unspecified atom stereocenters. The fourth-order valence-corrected chi connectivity index (χ4v) is 3.40. The van der Waals surface area contributed by atoms with Crippen LogP contribution in [-0.4, -0.2) is 15.5 Å². The first-order valence-corrected chi connectivity index (χ1v) is 9.45. The minimum absolute atomic E-state index is 0.0574. The number of amides is 1. The number of nitrogens with zero attached hydrogens (tertiary/aromatic N) is 2. The average molecular weight is 369 g/mol. The average Bonchev–Trinajstić information content (AvgIpc) is 3.03. The van der Waals surface area contributed by atoms with E-state index in [-0.39, 0.29) is 12.5 Å². The molecular weight excluding hydrogens is 346 g/mol. The van der Waals surface area contributed by atoms with Crippen molar-refractivity contribution in [3.8, 4) is 0 Å². The predicted molar refractivity (Wildman–Crippen MR) is 114 cm³/mol. The van der Waals surface area contributed by atoms with Gasteiger partial charge in [0.05, 0.1) is 11.0 Å². The van der Waals surface area contributed by atoms with E-state index in [0.717, 1.165) is 22.5 Å². The SMILES string of the molecule is Cc1ccc(NC(=O)Cn2c(Cc3ccccc3C)nc3ccccc32)cc1. The van der Waals surface area contributed by atoms with E-state index in [1.807, 2.05) is 72.2 Å². The lowest BCUT2D eigenvalue weighted by molar-refractivity contribution is -0.116. The minimum atomic E-state index is -0.0574. The van der Waals surface area contributed by atoms with Crippen LogP contribution in [0.2, 0.25) is 0 Å². The van der Waals surface area contributed by atoms with Crippen LogP contribution in [0, 0.1) is 13.8 Å². The van der Waals surface area contributed by atoms with Crippen LogP contribution >= 0.6 is 0 Å². The lowest BCUT2D eigenvalue weighted by Gasteiger charge is -2.11. The molecule has 0 bridgehead atoms. The fraction of sp³-hybridized carbons (Fsp3) is 0.167. The molecule has 0 saturated carbocycles. The molecule has 0 aliphatic carbocycles. The standard InChI is InChI=1S/C24H23N3O/c1-17-11-13-20(14-12-17)25-24(28)16-27-22-10-6-5-9-21(22)26-23(27)15-19-8-4-3-7-18(19)2/h3-14H,15-16H2,1-2H3,(H,25,28). The second-order valence-corrected chi connectivity index (χ2v) is 7.12. The first-order valence-electron chi connectivity index (χ1n) is 9.45. The molecule has 4 nitrogen and oxygen atoms in total. The fourth-order valence-electron chi connectivity index (χ4n) is 3.40. The monoisotopic (exact) mass is 369 g/mol. The molecule has 4 rings (SSSR count). The Morgan fingerprint density at radius 1 is 0.929 bits per heavy atom. The van der Waals surface area contributed by atoms with Crippen molar-refractivity contribution in [1.29, 1.82) is 0 Å². The quantitative estimate of drug-likeness (QED) is 0.545. The summed E-state index contributed by atoms with van der Waals surface area (Å²) in [6.07, 6.45) is 0.694. The Morgan fingerprint density at radius 2 is 1.64 bits per heavy atom. The zero-order chi connectivity index (χ0) is 19.5. The molecule has 0 aliphatic rings. The number of para-hydroxylation sites is 2. The molecule has 1 heterocycles. The number of imidazole rings is 1. The minimum Gasteiger partial charge on any atom is -0.325 e. The number of carbonyl (C=O) groups excluding carboxylic acids is 1. The third kappa shape index (κ3) is 3.81. The Labute approximate surface area is 164 Å². The van der Waals surface area contributed by atoms with E-state index in [9.17, 15) is 4.79 Å². The van der Waals surface area contributed by atoms with Crippen LogP contribution in [0.5, 0.6) is 0 Å². The Kier molecular flexibility index (Phi) is 4.94. The van der Waals surface area contributed by atoms with Gasteiger partial charge in [0.1, 0.15) is 12.4 Å². The van der Waals surface area contributed by atoms with Gasteiger partial charge in [-0.05, 0) is 49.2 Å². The summed E-state index contributed by atoms with van der Waals surface area (Å²) in [6.45, 7) is 4.36. The van der Waals surface area contributed by atoms with Gasteiger partial charge in [0.25, 0.3) is 0 Å². The van der Waals surface area contributed by atoms with Crippen molar-refractivity contribution < 1.29 is 4.79 Å². The van der Waals surface area contributed by atoms with Gasteiger partial charge in [-0.15, -0.1) is 0 Å². The van der Waals surface area contributed by atoms with Gasteiger partial charge in [0.15, 0.2) is 0 Å². The number of anilines is 1. The van der Waals surface area contributed by atoms with Crippen LogP contribution < -0.4 is 5.32 Å². The summed E-state index contributed by atoms with van der Waals surface area (Å²) in [7, 11) is 0. The van der Waals surface area contributed by atoms with Gasteiger partial charge in [-0.2, -0.15) is 0 Å². The van der Waals surface area contributed by atoms with Crippen molar-refractivity contribution in [2.24, 2.45) is 0 Å². The van der Waals surface area contributed by atoms with Gasteiger partial charge in [0.2, 0.25) is 5.91 Å². The summed E-state index contributed by atoms with van der Waals surface area (Å²) in [4.78, 5) is 17.5. The second-order valence-electron chi connectivity index (χ2n) is 7.12. The molecule has 28 heavy (non-hydrogen) atoms. The van der Waals surface area contributed by atoms with Gasteiger partial charge in [-0.3, -0.25) is 4.79 Å². The highest BCUT2D eigenvalue weighted by Gasteiger charge is 2.15. The number of benzene rings is 3. The van der Waals surface area contributed by atoms with Crippen molar-refractivity contribution in [3.05, 3.63) is 95.3 Å². The molecule has 0 saturated heterocycles. The Bertz CT molecular complexity index is 1130. The van der Waals surface area contributed by atoms with Crippen molar-refractivity contribution >= 4 is 22.6 Å². The summed E-state index contributed by atoms with van der Waals surface area (Å²) in [6, 6.07) is 24.1. The van der Waals surface area contributed by atoms with E-state index >= 15 is 0 Å². The molecule has 140 valence electrons. The maximum absolute atomic E-state index is 12.7. The van der Waals surface area contributed by atoms with Crippen molar-refractivity contribution in [2.75, 3.05) is 5.32 Å². The Morgan fingerprint density at radius 3 is 2.43 bits per heavy atom. The van der Waals surface area contributed by atoms with Crippen LogP contribution in [0.15, 0.2) is 72.8 Å². The second kappa shape index (κ2) is 7.69. The lowest BCUT2D eigenvalue weighted by Crippen LogP contribution is -2.20. The van der Waals surface area contributed by atoms with Crippen molar-refractivity contribution in [3.63, 3.8) is 0 Å². The number of rotatable bonds is 5. The van der Waals surface area contributed by atoms with E-state index in [1.165, 1.54) is 16.7 Å². The summed E-state index contributed by atoms with van der Waals surface area (Å²) >= 11 is 0. The van der Waals surface area contributed by atoms with Gasteiger partial charge >= 0.3 is 0 Å². The zero-order valence-corrected chi connectivity index (χ0v) is 16.1. The van der Waals surface area contributed by atoms with Crippen LogP contribution in [-0.2, 0) is 17.8 Å². The highest BCUT2D eigenvalue weighted by molar-refractivity contribution is 5.91. The molecule has 0 fully saturated rings. The first kappa shape index (κ1) is 18.0. The molecule has 1 amide bonds. The number of nitrogens with one attached hydrogen (secondary N) is 1. The van der Waals surface area contributed by atoms with Gasteiger partial charge in [-0.1, -0.05) is 54.1 Å². The maximum Gasteiger partial charge on any atom is 0.244 e. The number of carbonyl (C=O) groups is 1. The van der Waals surface area contributed by atoms with Gasteiger partial charge in [0, 0.05) is 12.1 Å². The maximum atomic E-state index is 12.7. The molecule has 0 aliphatic heterocycles. The van der Waals surface area contributed by atoms with E-state index in [0.29, 0.717) is 6.42 Å². The summed E-state index contributed by atoms with van der Waals surface area (Å²) < 4.78 is 2.02. The normalized spacial score (nSPS) is 10.9. The Hall–Kier alpha value is -3.40. The molecule has 0 atom stereocenters. The highest BCUT2D eigenvalue weighted by Crippen LogP contribution is 2.20. The van der Waals surface area contributed by atoms with Gasteiger partial charge in [-0.25, -0.2) is 4.98 Å². The largest absolute Gasteiger partial charge is 0.325 e. The highest BCUT2D eigenvalue weighted by atomic mass is 16.1. The predicted octanol–water partition coefficient (Wildman–Crippen LogP) is 4.88. The summed E-state index contributed by atoms with van der Waals surface area (Å²) in [5.41, 5.74) is 6.31. The number of hydrogen-bond acceptors (Lipinski definition) is 2. The van der Waals surface area contributed by atoms with Crippen LogP contribution in [0.4, 0.5) is 5.69 Å². The molecular formula is C24H23N3O. The summed E-state index contributed by atoms with van der Waals surface area (Å²) in [5, 5.41) is 2.99. The number of aryl methyl sites for hydroxylation is 2. The van der Waals surface area contributed by atoms with Crippen molar-refractivity contribution in [1.82, 2.24) is 9.55 Å². The molecule has 1 N–H and O–H groups in total. The number of aromatic nitrogens is 2. The third-order valence-electron chi connectivity index (χ3n) is 4.98. The Balaban J connectivity index is 1.64. The third-order valence-corrected chi connectivity index (χ3v) is 4.98. The molecule has 0 spiro atoms. The molecule has 3 aromatic carbocycles. The van der Waals surface area contributed by atoms with Crippen LogP contribution in [0.3, 0.4) is 0 Å². The van der Waals surface area contributed by atoms with E-state index < -0.39 is 0 Å². The number of hydrogen-bond donors (Lipinski definition) is 1. The van der Waals surface area contributed by atoms with E-state index in [2.05, 4.69) is 24.4 Å². The lowest BCUT2D eigenvalue weighted by atomic mass is 10.1.